The Morgan fingerprint density at radius 2 is 1.76 bits per heavy atom. The van der Waals surface area contributed by atoms with E-state index >= 15 is 0 Å². The van der Waals surface area contributed by atoms with Gasteiger partial charge >= 0.3 is 0 Å². The molecule has 3 rings (SSSR count). The zero-order valence-electron chi connectivity index (χ0n) is 12.8. The van der Waals surface area contributed by atoms with Gasteiger partial charge in [-0.2, -0.15) is 4.98 Å². The highest BCUT2D eigenvalue weighted by molar-refractivity contribution is 5.38. The van der Waals surface area contributed by atoms with Crippen molar-refractivity contribution in [2.24, 2.45) is 0 Å². The van der Waals surface area contributed by atoms with Gasteiger partial charge in [0.1, 0.15) is 17.4 Å². The average molecular weight is 283 g/mol. The van der Waals surface area contributed by atoms with Gasteiger partial charge in [-0.25, -0.2) is 4.98 Å². The molecule has 0 saturated heterocycles. The van der Waals surface area contributed by atoms with E-state index in [2.05, 4.69) is 42.9 Å². The lowest BCUT2D eigenvalue weighted by Crippen LogP contribution is -2.10. The molecule has 1 heterocycles. The van der Waals surface area contributed by atoms with Gasteiger partial charge in [-0.3, -0.25) is 0 Å². The number of nitrogens with two attached hydrogens (primary N) is 1. The summed E-state index contributed by atoms with van der Waals surface area (Å²) in [4.78, 5) is 8.72. The monoisotopic (exact) mass is 283 g/mol. The van der Waals surface area contributed by atoms with Crippen molar-refractivity contribution < 1.29 is 4.74 Å². The van der Waals surface area contributed by atoms with E-state index in [0.717, 1.165) is 24.4 Å². The Balaban J connectivity index is 1.80. The molecule has 1 fully saturated rings. The second-order valence-electron chi connectivity index (χ2n) is 6.64. The second kappa shape index (κ2) is 5.02. The van der Waals surface area contributed by atoms with E-state index in [9.17, 15) is 0 Å². The van der Waals surface area contributed by atoms with E-state index in [1.807, 2.05) is 12.1 Å². The van der Waals surface area contributed by atoms with Gasteiger partial charge in [0.2, 0.25) is 5.88 Å². The standard InChI is InChI=1S/C17H21N3O/c1-17(2,3)12-6-8-13(9-7-12)21-15-10-14(18)19-16(20-15)11-4-5-11/h6-11H,4-5H2,1-3H3,(H2,18,19,20). The highest BCUT2D eigenvalue weighted by Gasteiger charge is 2.27. The molecule has 1 aliphatic rings. The highest BCUT2D eigenvalue weighted by atomic mass is 16.5. The highest BCUT2D eigenvalue weighted by Crippen LogP contribution is 2.39. The van der Waals surface area contributed by atoms with Crippen molar-refractivity contribution >= 4 is 5.82 Å². The van der Waals surface area contributed by atoms with E-state index < -0.39 is 0 Å². The van der Waals surface area contributed by atoms with Gasteiger partial charge in [0.05, 0.1) is 0 Å². The Bertz CT molecular complexity index is 640. The van der Waals surface area contributed by atoms with Crippen molar-refractivity contribution in [2.45, 2.75) is 44.9 Å². The smallest absolute Gasteiger partial charge is 0.224 e. The molecule has 4 nitrogen and oxygen atoms in total. The Hall–Kier alpha value is -2.10. The molecule has 0 atom stereocenters. The summed E-state index contributed by atoms with van der Waals surface area (Å²) < 4.78 is 5.81. The van der Waals surface area contributed by atoms with Crippen LogP contribution in [0.2, 0.25) is 0 Å². The van der Waals surface area contributed by atoms with Crippen molar-refractivity contribution in [2.75, 3.05) is 5.73 Å². The summed E-state index contributed by atoms with van der Waals surface area (Å²) in [5.41, 5.74) is 7.24. The van der Waals surface area contributed by atoms with Crippen LogP contribution >= 0.6 is 0 Å². The van der Waals surface area contributed by atoms with E-state index in [1.165, 1.54) is 5.56 Å². The van der Waals surface area contributed by atoms with Crippen molar-refractivity contribution in [1.82, 2.24) is 9.97 Å². The first-order valence-electron chi connectivity index (χ1n) is 7.35. The number of hydrogen-bond donors (Lipinski definition) is 1. The number of nitrogen functional groups attached to an aromatic ring is 1. The van der Waals surface area contributed by atoms with E-state index in [0.29, 0.717) is 17.6 Å². The van der Waals surface area contributed by atoms with E-state index in [4.69, 9.17) is 10.5 Å². The molecule has 21 heavy (non-hydrogen) atoms. The number of benzene rings is 1. The van der Waals surface area contributed by atoms with Crippen LogP contribution in [0.3, 0.4) is 0 Å². The third-order valence-electron chi connectivity index (χ3n) is 3.63. The molecule has 1 saturated carbocycles. The van der Waals surface area contributed by atoms with Crippen molar-refractivity contribution in [3.05, 3.63) is 41.7 Å². The quantitative estimate of drug-likeness (QED) is 0.924. The molecule has 0 spiro atoms. The van der Waals surface area contributed by atoms with Gasteiger partial charge in [0.15, 0.2) is 0 Å². The SMILES string of the molecule is CC(C)(C)c1ccc(Oc2cc(N)nc(C3CC3)n2)cc1. The van der Waals surface area contributed by atoms with Gasteiger partial charge in [-0.15, -0.1) is 0 Å². The van der Waals surface area contributed by atoms with E-state index in [1.54, 1.807) is 6.07 Å². The minimum Gasteiger partial charge on any atom is -0.439 e. The molecular weight excluding hydrogens is 262 g/mol. The summed E-state index contributed by atoms with van der Waals surface area (Å²) >= 11 is 0. The molecular formula is C17H21N3O. The first kappa shape index (κ1) is 13.9. The number of hydrogen-bond acceptors (Lipinski definition) is 4. The van der Waals surface area contributed by atoms with Crippen molar-refractivity contribution in [1.29, 1.82) is 0 Å². The molecule has 110 valence electrons. The molecule has 0 aliphatic heterocycles. The molecule has 2 N–H and O–H groups in total. The minimum absolute atomic E-state index is 0.136. The van der Waals surface area contributed by atoms with Crippen LogP contribution in [0, 0.1) is 0 Å². The van der Waals surface area contributed by atoms with Crippen molar-refractivity contribution in [3.8, 4) is 11.6 Å². The summed E-state index contributed by atoms with van der Waals surface area (Å²) in [5, 5.41) is 0. The Morgan fingerprint density at radius 1 is 1.10 bits per heavy atom. The topological polar surface area (TPSA) is 61.0 Å². The number of nitrogens with zero attached hydrogens (tertiary/aromatic N) is 2. The lowest BCUT2D eigenvalue weighted by molar-refractivity contribution is 0.458. The molecule has 0 unspecified atom stereocenters. The molecule has 0 radical (unpaired) electrons. The molecule has 4 heteroatoms. The molecule has 0 bridgehead atoms. The lowest BCUT2D eigenvalue weighted by Gasteiger charge is -2.19. The summed E-state index contributed by atoms with van der Waals surface area (Å²) in [6.07, 6.45) is 2.28. The maximum Gasteiger partial charge on any atom is 0.224 e. The predicted molar refractivity (Wildman–Crippen MR) is 83.6 cm³/mol. The fourth-order valence-corrected chi connectivity index (χ4v) is 2.18. The van der Waals surface area contributed by atoms with Crippen molar-refractivity contribution in [3.63, 3.8) is 0 Å². The third-order valence-corrected chi connectivity index (χ3v) is 3.63. The number of rotatable bonds is 3. The Morgan fingerprint density at radius 3 is 2.33 bits per heavy atom. The average Bonchev–Trinajstić information content (AvgIpc) is 3.21. The summed E-state index contributed by atoms with van der Waals surface area (Å²) in [5.74, 6) is 3.01. The molecule has 1 aromatic heterocycles. The maximum atomic E-state index is 5.83. The molecule has 2 aromatic rings. The van der Waals surface area contributed by atoms with Crippen LogP contribution in [-0.2, 0) is 5.41 Å². The molecule has 1 aromatic carbocycles. The first-order valence-corrected chi connectivity index (χ1v) is 7.35. The first-order chi connectivity index (χ1) is 9.91. The normalized spacial score (nSPS) is 15.0. The van der Waals surface area contributed by atoms with Gasteiger partial charge in [0.25, 0.3) is 0 Å². The summed E-state index contributed by atoms with van der Waals surface area (Å²) in [6.45, 7) is 6.57. The van der Waals surface area contributed by atoms with Crippen LogP contribution in [0.4, 0.5) is 5.82 Å². The zero-order chi connectivity index (χ0) is 15.0. The summed E-state index contributed by atoms with van der Waals surface area (Å²) in [6, 6.07) is 9.78. The van der Waals surface area contributed by atoms with Crippen LogP contribution in [0.15, 0.2) is 30.3 Å². The van der Waals surface area contributed by atoms with Crippen LogP contribution < -0.4 is 10.5 Å². The lowest BCUT2D eigenvalue weighted by atomic mass is 9.87. The maximum absolute atomic E-state index is 5.83. The van der Waals surface area contributed by atoms with Crippen LogP contribution in [0.25, 0.3) is 0 Å². The van der Waals surface area contributed by atoms with Crippen LogP contribution in [-0.4, -0.2) is 9.97 Å². The van der Waals surface area contributed by atoms with Crippen LogP contribution in [0.5, 0.6) is 11.6 Å². The molecule has 0 amide bonds. The zero-order valence-corrected chi connectivity index (χ0v) is 12.8. The predicted octanol–water partition coefficient (Wildman–Crippen LogP) is 4.03. The Labute approximate surface area is 125 Å². The fourth-order valence-electron chi connectivity index (χ4n) is 2.18. The van der Waals surface area contributed by atoms with E-state index in [-0.39, 0.29) is 5.41 Å². The fraction of sp³-hybridized carbons (Fsp3) is 0.412. The Kier molecular flexibility index (Phi) is 3.32. The second-order valence-corrected chi connectivity index (χ2v) is 6.64. The number of ether oxygens (including phenoxy) is 1. The largest absolute Gasteiger partial charge is 0.439 e. The number of anilines is 1. The van der Waals surface area contributed by atoms with Gasteiger partial charge in [-0.05, 0) is 36.0 Å². The van der Waals surface area contributed by atoms with Gasteiger partial charge < -0.3 is 10.5 Å². The summed E-state index contributed by atoms with van der Waals surface area (Å²) in [7, 11) is 0. The van der Waals surface area contributed by atoms with Gasteiger partial charge in [0, 0.05) is 12.0 Å². The minimum atomic E-state index is 0.136. The van der Waals surface area contributed by atoms with Gasteiger partial charge in [-0.1, -0.05) is 32.9 Å². The van der Waals surface area contributed by atoms with Crippen LogP contribution in [0.1, 0.15) is 50.9 Å². The molecule has 1 aliphatic carbocycles. The number of aromatic nitrogens is 2. The third kappa shape index (κ3) is 3.32.